The van der Waals surface area contributed by atoms with Crippen molar-refractivity contribution in [3.8, 4) is 28.1 Å². The molecule has 162 valence electrons. The first-order chi connectivity index (χ1) is 15.7. The molecule has 1 aliphatic heterocycles. The van der Waals surface area contributed by atoms with Crippen molar-refractivity contribution in [2.75, 3.05) is 11.9 Å². The van der Waals surface area contributed by atoms with Crippen molar-refractivity contribution >= 4 is 5.82 Å². The molecule has 0 spiro atoms. The van der Waals surface area contributed by atoms with Crippen LogP contribution in [0.2, 0.25) is 0 Å². The van der Waals surface area contributed by atoms with Gasteiger partial charge in [0.05, 0.1) is 5.56 Å². The van der Waals surface area contributed by atoms with E-state index in [-0.39, 0.29) is 0 Å². The Kier molecular flexibility index (Phi) is 5.63. The molecule has 5 nitrogen and oxygen atoms in total. The first-order valence-corrected chi connectivity index (χ1v) is 11.3. The molecule has 0 bridgehead atoms. The Morgan fingerprint density at radius 3 is 2.41 bits per heavy atom. The molecule has 0 fully saturated rings. The third-order valence-corrected chi connectivity index (χ3v) is 5.94. The largest absolute Gasteiger partial charge is 0.489 e. The molecule has 1 N–H and O–H groups in total. The molecule has 0 atom stereocenters. The van der Waals surface area contributed by atoms with Gasteiger partial charge in [0.2, 0.25) is 0 Å². The smallest absolute Gasteiger partial charge is 0.132 e. The van der Waals surface area contributed by atoms with Crippen molar-refractivity contribution in [3.63, 3.8) is 0 Å². The van der Waals surface area contributed by atoms with Crippen LogP contribution in [0.1, 0.15) is 37.3 Å². The van der Waals surface area contributed by atoms with Gasteiger partial charge >= 0.3 is 0 Å². The molecular formula is C27H28N4O. The average molecular weight is 425 g/mol. The number of nitrogens with zero attached hydrogens (tertiary/aromatic N) is 3. The van der Waals surface area contributed by atoms with E-state index in [4.69, 9.17) is 9.84 Å². The first-order valence-electron chi connectivity index (χ1n) is 11.3. The summed E-state index contributed by atoms with van der Waals surface area (Å²) in [5.74, 6) is 2.49. The van der Waals surface area contributed by atoms with Gasteiger partial charge in [-0.05, 0) is 53.3 Å². The molecule has 0 aliphatic carbocycles. The highest BCUT2D eigenvalue weighted by atomic mass is 16.5. The van der Waals surface area contributed by atoms with Gasteiger partial charge in [0.15, 0.2) is 0 Å². The number of benzene rings is 2. The molecule has 0 saturated heterocycles. The molecule has 0 radical (unpaired) electrons. The molecule has 5 heteroatoms. The van der Waals surface area contributed by atoms with Gasteiger partial charge in [0.25, 0.3) is 0 Å². The minimum atomic E-state index is 0.540. The van der Waals surface area contributed by atoms with E-state index < -0.39 is 0 Å². The number of pyridine rings is 1. The zero-order chi connectivity index (χ0) is 21.9. The maximum absolute atomic E-state index is 6.05. The van der Waals surface area contributed by atoms with E-state index in [9.17, 15) is 0 Å². The second-order valence-corrected chi connectivity index (χ2v) is 8.52. The van der Waals surface area contributed by atoms with E-state index >= 15 is 0 Å². The summed E-state index contributed by atoms with van der Waals surface area (Å²) < 4.78 is 8.13. The minimum absolute atomic E-state index is 0.540. The third-order valence-electron chi connectivity index (χ3n) is 5.94. The number of anilines is 1. The van der Waals surface area contributed by atoms with Gasteiger partial charge in [0.1, 0.15) is 23.9 Å². The molecule has 3 heterocycles. The van der Waals surface area contributed by atoms with Crippen LogP contribution in [-0.2, 0) is 13.2 Å². The average Bonchev–Trinajstić information content (AvgIpc) is 3.23. The summed E-state index contributed by atoms with van der Waals surface area (Å²) in [4.78, 5) is 4.16. The lowest BCUT2D eigenvalue weighted by atomic mass is 10.0. The van der Waals surface area contributed by atoms with Crippen LogP contribution in [0.25, 0.3) is 22.4 Å². The molecule has 32 heavy (non-hydrogen) atoms. The summed E-state index contributed by atoms with van der Waals surface area (Å²) in [6.45, 7) is 6.87. The summed E-state index contributed by atoms with van der Waals surface area (Å²) in [6.07, 6.45) is 4.71. The number of aromatic nitrogens is 3. The van der Waals surface area contributed by atoms with Crippen LogP contribution in [0.3, 0.4) is 0 Å². The van der Waals surface area contributed by atoms with Crippen molar-refractivity contribution in [3.05, 3.63) is 84.2 Å². The predicted octanol–water partition coefficient (Wildman–Crippen LogP) is 6.13. The Balaban J connectivity index is 1.39. The molecule has 5 rings (SSSR count). The molecule has 4 aromatic rings. The zero-order valence-corrected chi connectivity index (χ0v) is 18.6. The van der Waals surface area contributed by atoms with Crippen LogP contribution >= 0.6 is 0 Å². The van der Waals surface area contributed by atoms with Gasteiger partial charge in [-0.15, -0.1) is 0 Å². The van der Waals surface area contributed by atoms with Crippen molar-refractivity contribution < 1.29 is 4.74 Å². The quantitative estimate of drug-likeness (QED) is 0.404. The summed E-state index contributed by atoms with van der Waals surface area (Å²) in [5.41, 5.74) is 6.84. The van der Waals surface area contributed by atoms with E-state index in [1.165, 1.54) is 11.1 Å². The second kappa shape index (κ2) is 8.87. The first kappa shape index (κ1) is 20.3. The summed E-state index contributed by atoms with van der Waals surface area (Å²) in [6, 6.07) is 21.0. The Bertz CT molecular complexity index is 1180. The Morgan fingerprint density at radius 1 is 0.938 bits per heavy atom. The van der Waals surface area contributed by atoms with Crippen LogP contribution in [0.4, 0.5) is 5.82 Å². The molecule has 0 saturated carbocycles. The fourth-order valence-corrected chi connectivity index (χ4v) is 4.11. The van der Waals surface area contributed by atoms with Crippen molar-refractivity contribution in [1.82, 2.24) is 14.8 Å². The highest BCUT2D eigenvalue weighted by molar-refractivity contribution is 5.89. The van der Waals surface area contributed by atoms with E-state index in [1.807, 2.05) is 36.7 Å². The summed E-state index contributed by atoms with van der Waals surface area (Å²) in [5, 5.41) is 8.46. The fourth-order valence-electron chi connectivity index (χ4n) is 4.11. The number of hydrogen-bond acceptors (Lipinski definition) is 4. The zero-order valence-electron chi connectivity index (χ0n) is 18.6. The Labute approximate surface area is 189 Å². The van der Waals surface area contributed by atoms with E-state index in [0.29, 0.717) is 12.5 Å². The van der Waals surface area contributed by atoms with Gasteiger partial charge < -0.3 is 10.1 Å². The number of ether oxygens (including phenoxy) is 1. The van der Waals surface area contributed by atoms with Crippen LogP contribution in [0.5, 0.6) is 5.75 Å². The molecule has 2 aromatic heterocycles. The number of fused-ring (bicyclic) bond motifs is 1. The van der Waals surface area contributed by atoms with Crippen LogP contribution < -0.4 is 10.1 Å². The second-order valence-electron chi connectivity index (χ2n) is 8.52. The van der Waals surface area contributed by atoms with Crippen LogP contribution in [-0.4, -0.2) is 21.3 Å². The van der Waals surface area contributed by atoms with Gasteiger partial charge in [0, 0.05) is 31.0 Å². The van der Waals surface area contributed by atoms with Crippen LogP contribution in [0, 0.1) is 0 Å². The third kappa shape index (κ3) is 4.11. The van der Waals surface area contributed by atoms with Gasteiger partial charge in [-0.3, -0.25) is 4.98 Å². The number of hydrogen-bond donors (Lipinski definition) is 1. The molecule has 0 amide bonds. The van der Waals surface area contributed by atoms with E-state index in [0.717, 1.165) is 53.5 Å². The topological polar surface area (TPSA) is 52.0 Å². The van der Waals surface area contributed by atoms with Gasteiger partial charge in [-0.2, -0.15) is 5.10 Å². The molecule has 0 unspecified atom stereocenters. The standard InChI is InChI=1S/C27H28N4O/c1-19(2)21-6-4-20(5-7-21)18-32-24-10-8-22(9-11-24)25-26(23-12-15-28-16-13-23)30-31-17-3-14-29-27(25)31/h4-13,15-16,19,29H,3,14,17-18H2,1-2H3. The van der Waals surface area contributed by atoms with Crippen molar-refractivity contribution in [2.24, 2.45) is 0 Å². The normalized spacial score (nSPS) is 13.0. The van der Waals surface area contributed by atoms with Crippen molar-refractivity contribution in [1.29, 1.82) is 0 Å². The molecule has 2 aromatic carbocycles. The molecule has 1 aliphatic rings. The number of rotatable bonds is 6. The van der Waals surface area contributed by atoms with E-state index in [1.54, 1.807) is 0 Å². The fraction of sp³-hybridized carbons (Fsp3) is 0.259. The Hall–Kier alpha value is -3.60. The highest BCUT2D eigenvalue weighted by Gasteiger charge is 2.22. The SMILES string of the molecule is CC(C)c1ccc(COc2ccc(-c3c(-c4ccncc4)nn4c3NCCC4)cc2)cc1. The number of aryl methyl sites for hydroxylation is 1. The van der Waals surface area contributed by atoms with Crippen molar-refractivity contribution in [2.45, 2.75) is 39.3 Å². The van der Waals surface area contributed by atoms with Crippen LogP contribution in [0.15, 0.2) is 73.1 Å². The molecular weight excluding hydrogens is 396 g/mol. The van der Waals surface area contributed by atoms with Gasteiger partial charge in [-0.25, -0.2) is 4.68 Å². The maximum atomic E-state index is 6.05. The lowest BCUT2D eigenvalue weighted by Crippen LogP contribution is -2.17. The summed E-state index contributed by atoms with van der Waals surface area (Å²) >= 11 is 0. The van der Waals surface area contributed by atoms with Gasteiger partial charge in [-0.1, -0.05) is 50.2 Å². The highest BCUT2D eigenvalue weighted by Crippen LogP contribution is 2.39. The lowest BCUT2D eigenvalue weighted by Gasteiger charge is -2.17. The summed E-state index contributed by atoms with van der Waals surface area (Å²) in [7, 11) is 0. The van der Waals surface area contributed by atoms with E-state index in [2.05, 4.69) is 65.2 Å². The minimum Gasteiger partial charge on any atom is -0.489 e. The monoisotopic (exact) mass is 424 g/mol. The number of nitrogens with one attached hydrogen (secondary N) is 1. The Morgan fingerprint density at radius 2 is 1.69 bits per heavy atom. The maximum Gasteiger partial charge on any atom is 0.132 e. The predicted molar refractivity (Wildman–Crippen MR) is 129 cm³/mol. The lowest BCUT2D eigenvalue weighted by molar-refractivity contribution is 0.306.